The monoisotopic (exact) mass is 191 g/mol. The summed E-state index contributed by atoms with van der Waals surface area (Å²) in [5.74, 6) is 0. The van der Waals surface area contributed by atoms with Crippen molar-refractivity contribution in [1.82, 2.24) is 0 Å². The second-order valence-electron chi connectivity index (χ2n) is 2.70. The van der Waals surface area contributed by atoms with Crippen LogP contribution in [0.5, 0.6) is 0 Å². The molecule has 0 fully saturated rings. The average molecular weight is 191 g/mol. The van der Waals surface area contributed by atoms with E-state index in [1.54, 1.807) is 0 Å². The second kappa shape index (κ2) is 4.25. The Morgan fingerprint density at radius 1 is 1.31 bits per heavy atom. The average Bonchev–Trinajstić information content (AvgIpc) is 1.96. The first-order valence-electron chi connectivity index (χ1n) is 3.66. The largest absolute Gasteiger partial charge is 0.413 e. The van der Waals surface area contributed by atoms with E-state index in [-0.39, 0.29) is 5.57 Å². The number of aliphatic imine (C=N–C) groups is 1. The van der Waals surface area contributed by atoms with Gasteiger partial charge >= 0.3 is 6.18 Å². The Balaban J connectivity index is 5.22. The third-order valence-electron chi connectivity index (χ3n) is 1.55. The first-order valence-corrected chi connectivity index (χ1v) is 3.66. The quantitative estimate of drug-likeness (QED) is 0.469. The van der Waals surface area contributed by atoms with Gasteiger partial charge in [0.15, 0.2) is 0 Å². The van der Waals surface area contributed by atoms with Crippen LogP contribution in [0.2, 0.25) is 0 Å². The maximum absolute atomic E-state index is 12.2. The molecule has 1 nitrogen and oxygen atoms in total. The summed E-state index contributed by atoms with van der Waals surface area (Å²) in [5.41, 5.74) is -0.249. The Labute approximate surface area is 75.7 Å². The number of allylic oxidation sites excluding steroid dienone is 3. The van der Waals surface area contributed by atoms with Crippen LogP contribution in [0.25, 0.3) is 0 Å². The van der Waals surface area contributed by atoms with Crippen molar-refractivity contribution in [3.05, 3.63) is 23.3 Å². The Morgan fingerprint density at radius 2 is 1.77 bits per heavy atom. The van der Waals surface area contributed by atoms with Crippen LogP contribution in [0.1, 0.15) is 13.8 Å². The molecule has 13 heavy (non-hydrogen) atoms. The summed E-state index contributed by atoms with van der Waals surface area (Å²) in [4.78, 5) is 3.55. The molecule has 0 rings (SSSR count). The molecule has 0 aliphatic carbocycles. The molecule has 0 aliphatic rings. The highest BCUT2D eigenvalue weighted by atomic mass is 19.4. The molecule has 0 heterocycles. The van der Waals surface area contributed by atoms with Crippen molar-refractivity contribution < 1.29 is 13.2 Å². The van der Waals surface area contributed by atoms with Crippen LogP contribution in [-0.4, -0.2) is 19.4 Å². The summed E-state index contributed by atoms with van der Waals surface area (Å²) >= 11 is 0. The molecular weight excluding hydrogens is 179 g/mol. The molecule has 0 saturated carbocycles. The smallest absolute Gasteiger partial charge is 0.296 e. The standard InChI is InChI=1S/C9H12F3N/c1-6(2)8(5-13-4)7(3)9(10,11)12/h5H,1H2,2-4H3/b8-7-,13-5-. The van der Waals surface area contributed by atoms with Crippen LogP contribution in [-0.2, 0) is 0 Å². The predicted octanol–water partition coefficient (Wildman–Crippen LogP) is 3.14. The van der Waals surface area contributed by atoms with Gasteiger partial charge < -0.3 is 0 Å². The summed E-state index contributed by atoms with van der Waals surface area (Å²) in [5, 5.41) is 0. The van der Waals surface area contributed by atoms with E-state index in [0.717, 1.165) is 6.92 Å². The van der Waals surface area contributed by atoms with Crippen LogP contribution >= 0.6 is 0 Å². The third kappa shape index (κ3) is 3.44. The van der Waals surface area contributed by atoms with Crippen molar-refractivity contribution in [3.63, 3.8) is 0 Å². The Bertz CT molecular complexity index is 259. The summed E-state index contributed by atoms with van der Waals surface area (Å²) in [6, 6.07) is 0. The summed E-state index contributed by atoms with van der Waals surface area (Å²) in [6.45, 7) is 6.00. The van der Waals surface area contributed by atoms with E-state index >= 15 is 0 Å². The van der Waals surface area contributed by atoms with Gasteiger partial charge in [0.1, 0.15) is 0 Å². The lowest BCUT2D eigenvalue weighted by atomic mass is 10.0. The van der Waals surface area contributed by atoms with Crippen molar-refractivity contribution in [2.75, 3.05) is 7.05 Å². The lowest BCUT2D eigenvalue weighted by Gasteiger charge is -2.11. The Kier molecular flexibility index (Phi) is 3.91. The highest BCUT2D eigenvalue weighted by molar-refractivity contribution is 5.85. The number of hydrogen-bond donors (Lipinski definition) is 0. The zero-order valence-corrected chi connectivity index (χ0v) is 7.87. The van der Waals surface area contributed by atoms with E-state index in [4.69, 9.17) is 0 Å². The van der Waals surface area contributed by atoms with Crippen molar-refractivity contribution in [2.24, 2.45) is 4.99 Å². The fourth-order valence-corrected chi connectivity index (χ4v) is 0.809. The maximum atomic E-state index is 12.2. The minimum absolute atomic E-state index is 0.0509. The molecule has 0 aromatic carbocycles. The Hall–Kier alpha value is -1.06. The van der Waals surface area contributed by atoms with Crippen LogP contribution in [0.4, 0.5) is 13.2 Å². The SMILES string of the molecule is C=C(C)C(/C=N\C)=C(/C)C(F)(F)F. The molecule has 0 aromatic rings. The molecule has 0 radical (unpaired) electrons. The van der Waals surface area contributed by atoms with Gasteiger partial charge in [-0.2, -0.15) is 13.2 Å². The van der Waals surface area contributed by atoms with E-state index in [2.05, 4.69) is 11.6 Å². The number of rotatable bonds is 2. The maximum Gasteiger partial charge on any atom is 0.413 e. The van der Waals surface area contributed by atoms with Gasteiger partial charge in [-0.15, -0.1) is 0 Å². The first kappa shape index (κ1) is 11.9. The molecule has 74 valence electrons. The van der Waals surface area contributed by atoms with Crippen molar-refractivity contribution in [2.45, 2.75) is 20.0 Å². The third-order valence-corrected chi connectivity index (χ3v) is 1.55. The molecule has 0 N–H and O–H groups in total. The number of hydrogen-bond acceptors (Lipinski definition) is 1. The summed E-state index contributed by atoms with van der Waals surface area (Å²) in [6.07, 6.45) is -3.14. The van der Waals surface area contributed by atoms with Gasteiger partial charge in [0.25, 0.3) is 0 Å². The number of halogens is 3. The van der Waals surface area contributed by atoms with Gasteiger partial charge in [-0.25, -0.2) is 0 Å². The van der Waals surface area contributed by atoms with Crippen LogP contribution in [0, 0.1) is 0 Å². The van der Waals surface area contributed by atoms with Gasteiger partial charge in [-0.3, -0.25) is 4.99 Å². The number of nitrogens with zero attached hydrogens (tertiary/aromatic N) is 1. The zero-order valence-electron chi connectivity index (χ0n) is 7.87. The fourth-order valence-electron chi connectivity index (χ4n) is 0.809. The summed E-state index contributed by atoms with van der Waals surface area (Å²) < 4.78 is 36.7. The fraction of sp³-hybridized carbons (Fsp3) is 0.444. The van der Waals surface area contributed by atoms with Crippen LogP contribution < -0.4 is 0 Å². The van der Waals surface area contributed by atoms with E-state index in [0.29, 0.717) is 5.57 Å². The topological polar surface area (TPSA) is 12.4 Å². The normalized spacial score (nSPS) is 14.6. The van der Waals surface area contributed by atoms with Crippen molar-refractivity contribution >= 4 is 6.21 Å². The van der Waals surface area contributed by atoms with Crippen molar-refractivity contribution in [1.29, 1.82) is 0 Å². The lowest BCUT2D eigenvalue weighted by Crippen LogP contribution is -2.12. The molecule has 0 unspecified atom stereocenters. The summed E-state index contributed by atoms with van der Waals surface area (Å²) in [7, 11) is 1.42. The first-order chi connectivity index (χ1) is 5.80. The highest BCUT2D eigenvalue weighted by Crippen LogP contribution is 2.29. The van der Waals surface area contributed by atoms with Crippen molar-refractivity contribution in [3.8, 4) is 0 Å². The van der Waals surface area contributed by atoms with Gasteiger partial charge in [-0.05, 0) is 19.4 Å². The van der Waals surface area contributed by atoms with E-state index in [1.807, 2.05) is 0 Å². The molecule has 0 saturated heterocycles. The molecule has 0 aromatic heterocycles. The highest BCUT2D eigenvalue weighted by Gasteiger charge is 2.32. The zero-order chi connectivity index (χ0) is 10.6. The molecule has 4 heteroatoms. The van der Waals surface area contributed by atoms with E-state index in [1.165, 1.54) is 20.2 Å². The minimum atomic E-state index is -4.31. The lowest BCUT2D eigenvalue weighted by molar-refractivity contribution is -0.0916. The van der Waals surface area contributed by atoms with E-state index in [9.17, 15) is 13.2 Å². The molecule has 0 amide bonds. The predicted molar refractivity (Wildman–Crippen MR) is 48.0 cm³/mol. The second-order valence-corrected chi connectivity index (χ2v) is 2.70. The molecule has 0 atom stereocenters. The number of alkyl halides is 3. The molecular formula is C9H12F3N. The molecule has 0 aliphatic heterocycles. The van der Waals surface area contributed by atoms with Gasteiger partial charge in [-0.1, -0.05) is 6.58 Å². The molecule has 0 spiro atoms. The Morgan fingerprint density at radius 3 is 2.00 bits per heavy atom. The molecule has 0 bridgehead atoms. The minimum Gasteiger partial charge on any atom is -0.296 e. The van der Waals surface area contributed by atoms with Gasteiger partial charge in [0, 0.05) is 24.4 Å². The van der Waals surface area contributed by atoms with E-state index < -0.39 is 11.7 Å². The van der Waals surface area contributed by atoms with Gasteiger partial charge in [0.05, 0.1) is 0 Å². The van der Waals surface area contributed by atoms with Crippen LogP contribution in [0.15, 0.2) is 28.3 Å². The van der Waals surface area contributed by atoms with Crippen LogP contribution in [0.3, 0.4) is 0 Å². The van der Waals surface area contributed by atoms with Gasteiger partial charge in [0.2, 0.25) is 0 Å².